The van der Waals surface area contributed by atoms with E-state index in [0.29, 0.717) is 24.4 Å². The Morgan fingerprint density at radius 2 is 1.85 bits per heavy atom. The zero-order valence-electron chi connectivity index (χ0n) is 18.4. The number of hydrogen-bond acceptors (Lipinski definition) is 4. The lowest BCUT2D eigenvalue weighted by Gasteiger charge is -2.11. The molecule has 33 heavy (non-hydrogen) atoms. The molecular weight excluding hydrogens is 419 g/mol. The Hall–Kier alpha value is -4.00. The summed E-state index contributed by atoms with van der Waals surface area (Å²) in [5.41, 5.74) is 4.80. The van der Waals surface area contributed by atoms with E-state index in [-0.39, 0.29) is 11.7 Å². The van der Waals surface area contributed by atoms with Crippen molar-refractivity contribution in [1.29, 1.82) is 0 Å². The Kier molecular flexibility index (Phi) is 5.38. The molecule has 0 aliphatic carbocycles. The van der Waals surface area contributed by atoms with Crippen LogP contribution in [0.5, 0.6) is 0 Å². The van der Waals surface area contributed by atoms with Crippen LogP contribution >= 0.6 is 0 Å². The second-order valence-corrected chi connectivity index (χ2v) is 8.17. The van der Waals surface area contributed by atoms with Crippen LogP contribution in [0.15, 0.2) is 71.9 Å². The van der Waals surface area contributed by atoms with Gasteiger partial charge in [-0.25, -0.2) is 4.39 Å². The van der Waals surface area contributed by atoms with Crippen molar-refractivity contribution in [2.75, 3.05) is 5.32 Å². The van der Waals surface area contributed by atoms with Crippen molar-refractivity contribution in [1.82, 2.24) is 9.78 Å². The van der Waals surface area contributed by atoms with Gasteiger partial charge >= 0.3 is 0 Å². The van der Waals surface area contributed by atoms with E-state index >= 15 is 0 Å². The van der Waals surface area contributed by atoms with E-state index in [1.54, 1.807) is 12.1 Å². The number of benzene rings is 3. The third-order valence-electron chi connectivity index (χ3n) is 5.97. The number of oxime groups is 1. The molecule has 166 valence electrons. The SMILES string of the molecule is Cc1nn(Cc2cccc3ccccc23)c(C)c1NC(=O)C1CC(c2ccc(F)cc2)=NO1. The van der Waals surface area contributed by atoms with Gasteiger partial charge in [-0.15, -0.1) is 0 Å². The normalized spacial score (nSPS) is 15.4. The van der Waals surface area contributed by atoms with Gasteiger partial charge in [0.15, 0.2) is 0 Å². The molecule has 0 saturated heterocycles. The summed E-state index contributed by atoms with van der Waals surface area (Å²) in [5.74, 6) is -0.606. The van der Waals surface area contributed by atoms with E-state index in [9.17, 15) is 9.18 Å². The average Bonchev–Trinajstić information content (AvgIpc) is 3.41. The molecule has 0 radical (unpaired) electrons. The molecule has 1 aromatic heterocycles. The van der Waals surface area contributed by atoms with Gasteiger partial charge in [-0.05, 0) is 47.9 Å². The van der Waals surface area contributed by atoms with Crippen LogP contribution in [-0.4, -0.2) is 27.5 Å². The van der Waals surface area contributed by atoms with Crippen molar-refractivity contribution in [2.24, 2.45) is 5.16 Å². The second-order valence-electron chi connectivity index (χ2n) is 8.17. The maximum atomic E-state index is 13.2. The van der Waals surface area contributed by atoms with Crippen LogP contribution < -0.4 is 5.32 Å². The smallest absolute Gasteiger partial charge is 0.268 e. The first-order valence-corrected chi connectivity index (χ1v) is 10.8. The number of carbonyl (C=O) groups excluding carboxylic acids is 1. The van der Waals surface area contributed by atoms with Gasteiger partial charge in [0.05, 0.1) is 29.3 Å². The highest BCUT2D eigenvalue weighted by atomic mass is 19.1. The fourth-order valence-corrected chi connectivity index (χ4v) is 4.16. The Labute approximate surface area is 190 Å². The monoisotopic (exact) mass is 442 g/mol. The van der Waals surface area contributed by atoms with Crippen LogP contribution in [0, 0.1) is 19.7 Å². The summed E-state index contributed by atoms with van der Waals surface area (Å²) in [6, 6.07) is 20.5. The summed E-state index contributed by atoms with van der Waals surface area (Å²) >= 11 is 0. The summed E-state index contributed by atoms with van der Waals surface area (Å²) in [6.45, 7) is 4.41. The zero-order chi connectivity index (χ0) is 22.9. The molecule has 1 N–H and O–H groups in total. The van der Waals surface area contributed by atoms with Crippen molar-refractivity contribution in [3.8, 4) is 0 Å². The van der Waals surface area contributed by atoms with Gasteiger partial charge in [0, 0.05) is 6.42 Å². The molecule has 2 heterocycles. The molecule has 3 aromatic carbocycles. The first-order chi connectivity index (χ1) is 16.0. The predicted molar refractivity (Wildman–Crippen MR) is 126 cm³/mol. The van der Waals surface area contributed by atoms with E-state index in [2.05, 4.69) is 39.8 Å². The Morgan fingerprint density at radius 3 is 2.67 bits per heavy atom. The number of nitrogens with one attached hydrogen (secondary N) is 1. The third-order valence-corrected chi connectivity index (χ3v) is 5.97. The third kappa shape index (κ3) is 4.09. The number of nitrogens with zero attached hydrogens (tertiary/aromatic N) is 3. The van der Waals surface area contributed by atoms with Crippen molar-refractivity contribution >= 4 is 28.1 Å². The van der Waals surface area contributed by atoms with Crippen molar-refractivity contribution < 1.29 is 14.0 Å². The number of amides is 1. The molecule has 0 saturated carbocycles. The molecular formula is C26H23FN4O2. The number of fused-ring (bicyclic) bond motifs is 1. The first-order valence-electron chi connectivity index (χ1n) is 10.8. The molecule has 0 bridgehead atoms. The quantitative estimate of drug-likeness (QED) is 0.474. The number of anilines is 1. The fraction of sp³-hybridized carbons (Fsp3) is 0.192. The largest absolute Gasteiger partial charge is 0.382 e. The van der Waals surface area contributed by atoms with Crippen LogP contribution in [0.4, 0.5) is 10.1 Å². The highest BCUT2D eigenvalue weighted by Crippen LogP contribution is 2.25. The summed E-state index contributed by atoms with van der Waals surface area (Å²) in [6.07, 6.45) is -0.426. The minimum atomic E-state index is -0.745. The summed E-state index contributed by atoms with van der Waals surface area (Å²) in [7, 11) is 0. The molecule has 1 amide bonds. The molecule has 6 nitrogen and oxygen atoms in total. The number of aromatic nitrogens is 2. The van der Waals surface area contributed by atoms with Gasteiger partial charge in [0.1, 0.15) is 5.82 Å². The number of rotatable bonds is 5. The summed E-state index contributed by atoms with van der Waals surface area (Å²) in [5, 5.41) is 14.0. The lowest BCUT2D eigenvalue weighted by atomic mass is 10.0. The zero-order valence-corrected chi connectivity index (χ0v) is 18.4. The predicted octanol–water partition coefficient (Wildman–Crippen LogP) is 4.97. The summed E-state index contributed by atoms with van der Waals surface area (Å²) in [4.78, 5) is 18.3. The van der Waals surface area contributed by atoms with Gasteiger partial charge in [-0.3, -0.25) is 9.48 Å². The van der Waals surface area contributed by atoms with Gasteiger partial charge in [0.25, 0.3) is 5.91 Å². The van der Waals surface area contributed by atoms with E-state index in [1.807, 2.05) is 36.7 Å². The molecule has 1 aliphatic rings. The van der Waals surface area contributed by atoms with Crippen LogP contribution in [0.1, 0.15) is 28.9 Å². The van der Waals surface area contributed by atoms with Crippen molar-refractivity contribution in [3.05, 3.63) is 95.1 Å². The number of aryl methyl sites for hydroxylation is 1. The first kappa shape index (κ1) is 20.9. The number of carbonyl (C=O) groups is 1. The molecule has 4 aromatic rings. The van der Waals surface area contributed by atoms with Gasteiger partial charge in [0.2, 0.25) is 6.10 Å². The Balaban J connectivity index is 1.31. The molecule has 5 rings (SSSR count). The minimum Gasteiger partial charge on any atom is -0.382 e. The topological polar surface area (TPSA) is 68.5 Å². The maximum absolute atomic E-state index is 13.2. The maximum Gasteiger partial charge on any atom is 0.268 e. The van der Waals surface area contributed by atoms with Crippen LogP contribution in [0.25, 0.3) is 10.8 Å². The van der Waals surface area contributed by atoms with Crippen LogP contribution in [-0.2, 0) is 16.2 Å². The van der Waals surface area contributed by atoms with Crippen LogP contribution in [0.3, 0.4) is 0 Å². The highest BCUT2D eigenvalue weighted by molar-refractivity contribution is 6.06. The van der Waals surface area contributed by atoms with Gasteiger partial charge in [-0.1, -0.05) is 59.8 Å². The lowest BCUT2D eigenvalue weighted by molar-refractivity contribution is -0.125. The van der Waals surface area contributed by atoms with Crippen LogP contribution in [0.2, 0.25) is 0 Å². The van der Waals surface area contributed by atoms with Crippen molar-refractivity contribution in [2.45, 2.75) is 32.9 Å². The minimum absolute atomic E-state index is 0.285. The molecule has 1 aliphatic heterocycles. The van der Waals surface area contributed by atoms with Gasteiger partial charge in [-0.2, -0.15) is 5.10 Å². The van der Waals surface area contributed by atoms with Crippen molar-refractivity contribution in [3.63, 3.8) is 0 Å². The summed E-state index contributed by atoms with van der Waals surface area (Å²) < 4.78 is 15.1. The molecule has 1 unspecified atom stereocenters. The Morgan fingerprint density at radius 1 is 1.09 bits per heavy atom. The number of hydrogen-bond donors (Lipinski definition) is 1. The lowest BCUT2D eigenvalue weighted by Crippen LogP contribution is -2.28. The van der Waals surface area contributed by atoms with Gasteiger partial charge < -0.3 is 10.2 Å². The molecule has 1 atom stereocenters. The van der Waals surface area contributed by atoms with E-state index in [4.69, 9.17) is 4.84 Å². The molecule has 0 fully saturated rings. The fourth-order valence-electron chi connectivity index (χ4n) is 4.16. The Bertz CT molecular complexity index is 1370. The second kappa shape index (κ2) is 8.50. The average molecular weight is 442 g/mol. The highest BCUT2D eigenvalue weighted by Gasteiger charge is 2.30. The standard InChI is InChI=1S/C26H23FN4O2/c1-16-25(28-26(32)24-14-23(30-33-24)19-10-12-21(27)13-11-19)17(2)31(29-16)15-20-8-5-7-18-6-3-4-9-22(18)20/h3-13,24H,14-15H2,1-2H3,(H,28,32). The van der Waals surface area contributed by atoms with E-state index in [1.165, 1.54) is 22.9 Å². The van der Waals surface area contributed by atoms with E-state index in [0.717, 1.165) is 22.5 Å². The van der Waals surface area contributed by atoms with E-state index < -0.39 is 6.10 Å². The molecule has 0 spiro atoms. The molecule has 7 heteroatoms. The number of halogens is 1.